The summed E-state index contributed by atoms with van der Waals surface area (Å²) in [5.41, 5.74) is -0.423. The SMILES string of the molecule is CN[C@H]1CCCCC1NC(=O)OC(C)(C)C. The van der Waals surface area contributed by atoms with Gasteiger partial charge < -0.3 is 15.4 Å². The second kappa shape index (κ2) is 5.53. The molecule has 2 atom stereocenters. The van der Waals surface area contributed by atoms with Crippen LogP contribution in [-0.4, -0.2) is 30.8 Å². The molecule has 4 nitrogen and oxygen atoms in total. The van der Waals surface area contributed by atoms with E-state index in [4.69, 9.17) is 4.74 Å². The highest BCUT2D eigenvalue weighted by Gasteiger charge is 2.26. The lowest BCUT2D eigenvalue weighted by Crippen LogP contribution is -2.51. The number of hydrogen-bond acceptors (Lipinski definition) is 3. The van der Waals surface area contributed by atoms with Crippen LogP contribution in [0.25, 0.3) is 0 Å². The molecular formula is C12H24N2O2. The Balaban J connectivity index is 2.42. The first-order valence-electron chi connectivity index (χ1n) is 6.09. The van der Waals surface area contributed by atoms with Crippen LogP contribution in [0.5, 0.6) is 0 Å². The molecule has 0 heterocycles. The van der Waals surface area contributed by atoms with Crippen molar-refractivity contribution < 1.29 is 9.53 Å². The third kappa shape index (κ3) is 4.39. The highest BCUT2D eigenvalue weighted by molar-refractivity contribution is 5.68. The van der Waals surface area contributed by atoms with Gasteiger partial charge in [-0.1, -0.05) is 12.8 Å². The number of nitrogens with one attached hydrogen (secondary N) is 2. The van der Waals surface area contributed by atoms with Gasteiger partial charge in [0.2, 0.25) is 0 Å². The molecule has 94 valence electrons. The van der Waals surface area contributed by atoms with Crippen LogP contribution >= 0.6 is 0 Å². The van der Waals surface area contributed by atoms with E-state index in [0.717, 1.165) is 12.8 Å². The summed E-state index contributed by atoms with van der Waals surface area (Å²) in [5.74, 6) is 0. The Morgan fingerprint density at radius 2 is 1.75 bits per heavy atom. The van der Waals surface area contributed by atoms with Gasteiger partial charge in [-0.05, 0) is 40.7 Å². The third-order valence-corrected chi connectivity index (χ3v) is 2.84. The molecule has 2 N–H and O–H groups in total. The van der Waals surface area contributed by atoms with Crippen LogP contribution in [0.1, 0.15) is 46.5 Å². The summed E-state index contributed by atoms with van der Waals surface area (Å²) >= 11 is 0. The van der Waals surface area contributed by atoms with Gasteiger partial charge in [-0.3, -0.25) is 0 Å². The van der Waals surface area contributed by atoms with Gasteiger partial charge >= 0.3 is 6.09 Å². The molecule has 16 heavy (non-hydrogen) atoms. The molecule has 0 radical (unpaired) electrons. The summed E-state index contributed by atoms with van der Waals surface area (Å²) in [4.78, 5) is 11.6. The van der Waals surface area contributed by atoms with Crippen molar-refractivity contribution >= 4 is 6.09 Å². The molecule has 0 aliphatic heterocycles. The van der Waals surface area contributed by atoms with Crippen LogP contribution in [-0.2, 0) is 4.74 Å². The normalized spacial score (nSPS) is 26.2. The molecule has 0 aromatic rings. The first-order valence-corrected chi connectivity index (χ1v) is 6.09. The minimum Gasteiger partial charge on any atom is -0.444 e. The summed E-state index contributed by atoms with van der Waals surface area (Å²) < 4.78 is 5.26. The Labute approximate surface area is 98.1 Å². The molecule has 0 saturated heterocycles. The maximum atomic E-state index is 11.6. The Morgan fingerprint density at radius 3 is 2.25 bits per heavy atom. The zero-order chi connectivity index (χ0) is 12.2. The van der Waals surface area contributed by atoms with Gasteiger partial charge in [0.25, 0.3) is 0 Å². The summed E-state index contributed by atoms with van der Waals surface area (Å²) in [6.07, 6.45) is 4.26. The van der Waals surface area contributed by atoms with Crippen molar-refractivity contribution in [3.63, 3.8) is 0 Å². The Bertz CT molecular complexity index is 236. The lowest BCUT2D eigenvalue weighted by molar-refractivity contribution is 0.0481. The standard InChI is InChI=1S/C12H24N2O2/c1-12(2,3)16-11(15)14-10-8-6-5-7-9(10)13-4/h9-10,13H,5-8H2,1-4H3,(H,14,15)/t9-,10?/m0/s1. The molecule has 4 heteroatoms. The lowest BCUT2D eigenvalue weighted by Gasteiger charge is -2.32. The largest absolute Gasteiger partial charge is 0.444 e. The molecule has 0 spiro atoms. The number of rotatable bonds is 2. The predicted octanol–water partition coefficient (Wildman–Crippen LogP) is 2.04. The van der Waals surface area contributed by atoms with E-state index >= 15 is 0 Å². The van der Waals surface area contributed by atoms with Crippen molar-refractivity contribution in [2.75, 3.05) is 7.05 Å². The summed E-state index contributed by atoms with van der Waals surface area (Å²) in [6, 6.07) is 0.579. The number of hydrogen-bond donors (Lipinski definition) is 2. The monoisotopic (exact) mass is 228 g/mol. The third-order valence-electron chi connectivity index (χ3n) is 2.84. The fraction of sp³-hybridized carbons (Fsp3) is 0.917. The van der Waals surface area contributed by atoms with E-state index in [2.05, 4.69) is 10.6 Å². The molecule has 1 saturated carbocycles. The van der Waals surface area contributed by atoms with E-state index in [0.29, 0.717) is 6.04 Å². The van der Waals surface area contributed by atoms with Crippen molar-refractivity contribution in [2.45, 2.75) is 64.1 Å². The van der Waals surface area contributed by atoms with Crippen molar-refractivity contribution in [1.29, 1.82) is 0 Å². The van der Waals surface area contributed by atoms with Crippen LogP contribution < -0.4 is 10.6 Å². The average Bonchev–Trinajstić information content (AvgIpc) is 2.15. The topological polar surface area (TPSA) is 50.4 Å². The van der Waals surface area contributed by atoms with Crippen molar-refractivity contribution in [1.82, 2.24) is 10.6 Å². The molecule has 0 aromatic heterocycles. The Hall–Kier alpha value is -0.770. The van der Waals surface area contributed by atoms with E-state index in [1.54, 1.807) is 0 Å². The average molecular weight is 228 g/mol. The fourth-order valence-corrected chi connectivity index (χ4v) is 2.11. The molecule has 1 aliphatic carbocycles. The zero-order valence-electron chi connectivity index (χ0n) is 10.8. The predicted molar refractivity (Wildman–Crippen MR) is 64.5 cm³/mol. The van der Waals surface area contributed by atoms with Crippen LogP contribution in [0.4, 0.5) is 4.79 Å². The van der Waals surface area contributed by atoms with E-state index in [9.17, 15) is 4.79 Å². The number of likely N-dealkylation sites (N-methyl/N-ethyl adjacent to an activating group) is 1. The number of ether oxygens (including phenoxy) is 1. The smallest absolute Gasteiger partial charge is 0.407 e. The van der Waals surface area contributed by atoms with Crippen LogP contribution in [0.2, 0.25) is 0 Å². The van der Waals surface area contributed by atoms with Crippen LogP contribution in [0.15, 0.2) is 0 Å². The molecular weight excluding hydrogens is 204 g/mol. The van der Waals surface area contributed by atoms with Crippen molar-refractivity contribution in [3.8, 4) is 0 Å². The molecule has 1 fully saturated rings. The maximum absolute atomic E-state index is 11.6. The molecule has 1 aliphatic rings. The molecule has 1 unspecified atom stereocenters. The zero-order valence-corrected chi connectivity index (χ0v) is 10.8. The highest BCUT2D eigenvalue weighted by Crippen LogP contribution is 2.18. The summed E-state index contributed by atoms with van der Waals surface area (Å²) in [6.45, 7) is 5.63. The summed E-state index contributed by atoms with van der Waals surface area (Å²) in [7, 11) is 1.94. The molecule has 1 amide bonds. The van der Waals surface area contributed by atoms with Gasteiger partial charge in [0.15, 0.2) is 0 Å². The first kappa shape index (κ1) is 13.3. The van der Waals surface area contributed by atoms with Crippen LogP contribution in [0, 0.1) is 0 Å². The number of carbonyl (C=O) groups excluding carboxylic acids is 1. The van der Waals surface area contributed by atoms with Crippen molar-refractivity contribution in [2.24, 2.45) is 0 Å². The van der Waals surface area contributed by atoms with Crippen molar-refractivity contribution in [3.05, 3.63) is 0 Å². The quantitative estimate of drug-likeness (QED) is 0.760. The second-order valence-corrected chi connectivity index (χ2v) is 5.43. The number of amides is 1. The molecule has 0 bridgehead atoms. The van der Waals surface area contributed by atoms with E-state index in [-0.39, 0.29) is 12.1 Å². The molecule has 0 aromatic carbocycles. The highest BCUT2D eigenvalue weighted by atomic mass is 16.6. The Morgan fingerprint density at radius 1 is 1.19 bits per heavy atom. The van der Waals surface area contributed by atoms with Gasteiger partial charge in [0, 0.05) is 12.1 Å². The first-order chi connectivity index (χ1) is 7.42. The minimum absolute atomic E-state index is 0.202. The van der Waals surface area contributed by atoms with Crippen LogP contribution in [0.3, 0.4) is 0 Å². The maximum Gasteiger partial charge on any atom is 0.407 e. The van der Waals surface area contributed by atoms with Gasteiger partial charge in [-0.2, -0.15) is 0 Å². The fourth-order valence-electron chi connectivity index (χ4n) is 2.11. The summed E-state index contributed by atoms with van der Waals surface area (Å²) in [5, 5.41) is 6.20. The number of alkyl carbamates (subject to hydrolysis) is 1. The minimum atomic E-state index is -0.423. The Kier molecular flexibility index (Phi) is 4.59. The van der Waals surface area contributed by atoms with Gasteiger partial charge in [-0.15, -0.1) is 0 Å². The molecule has 1 rings (SSSR count). The van der Waals surface area contributed by atoms with E-state index < -0.39 is 5.60 Å². The van der Waals surface area contributed by atoms with Gasteiger partial charge in [-0.25, -0.2) is 4.79 Å². The second-order valence-electron chi connectivity index (χ2n) is 5.43. The van der Waals surface area contributed by atoms with E-state index in [1.807, 2.05) is 27.8 Å². The van der Waals surface area contributed by atoms with Gasteiger partial charge in [0.1, 0.15) is 5.60 Å². The van der Waals surface area contributed by atoms with E-state index in [1.165, 1.54) is 12.8 Å². The lowest BCUT2D eigenvalue weighted by atomic mass is 9.90. The number of carbonyl (C=O) groups is 1. The van der Waals surface area contributed by atoms with Gasteiger partial charge in [0.05, 0.1) is 0 Å².